The topological polar surface area (TPSA) is 167 Å². The molecule has 0 aliphatic carbocycles. The van der Waals surface area contributed by atoms with Crippen molar-refractivity contribution < 1.29 is 5.11 Å². The van der Waals surface area contributed by atoms with E-state index in [0.29, 0.717) is 31.3 Å². The molecule has 0 bridgehead atoms. The monoisotopic (exact) mass is 305 g/mol. The molecule has 118 valence electrons. The summed E-state index contributed by atoms with van der Waals surface area (Å²) in [5.74, 6) is 5.58. The Labute approximate surface area is 126 Å². The van der Waals surface area contributed by atoms with Gasteiger partial charge < -0.3 is 21.6 Å². The molecule has 1 saturated heterocycles. The number of aromatic amines is 1. The molecule has 0 aromatic carbocycles. The second kappa shape index (κ2) is 5.75. The average molecular weight is 305 g/mol. The van der Waals surface area contributed by atoms with Crippen LogP contribution in [-0.4, -0.2) is 50.0 Å². The van der Waals surface area contributed by atoms with Crippen LogP contribution in [-0.2, 0) is 6.54 Å². The Morgan fingerprint density at radius 2 is 2.32 bits per heavy atom. The molecule has 9 N–H and O–H groups in total. The highest BCUT2D eigenvalue weighted by Gasteiger charge is 2.34. The lowest BCUT2D eigenvalue weighted by Gasteiger charge is -2.14. The first-order valence-electron chi connectivity index (χ1n) is 6.85. The van der Waals surface area contributed by atoms with Crippen molar-refractivity contribution in [1.29, 1.82) is 0 Å². The number of aromatic nitrogens is 3. The molecule has 1 fully saturated rings. The first kappa shape index (κ1) is 14.5. The van der Waals surface area contributed by atoms with Crippen LogP contribution >= 0.6 is 0 Å². The zero-order chi connectivity index (χ0) is 15.7. The summed E-state index contributed by atoms with van der Waals surface area (Å²) in [6, 6.07) is 0. The van der Waals surface area contributed by atoms with Crippen LogP contribution in [0, 0.1) is 5.92 Å². The van der Waals surface area contributed by atoms with E-state index in [1.807, 2.05) is 6.20 Å². The molecule has 1 unspecified atom stereocenters. The van der Waals surface area contributed by atoms with Crippen LogP contribution in [0.2, 0.25) is 0 Å². The molecule has 1 aliphatic rings. The summed E-state index contributed by atoms with van der Waals surface area (Å²) in [5.41, 5.74) is 16.3. The second-order valence-electron chi connectivity index (χ2n) is 5.33. The van der Waals surface area contributed by atoms with Crippen molar-refractivity contribution in [3.05, 3.63) is 18.1 Å². The van der Waals surface area contributed by atoms with E-state index >= 15 is 0 Å². The number of hydrogen-bond donors (Lipinski definition) is 6. The number of aliphatic hydroxyl groups is 1. The van der Waals surface area contributed by atoms with Gasteiger partial charge in [0.1, 0.15) is 17.7 Å². The molecule has 10 nitrogen and oxygen atoms in total. The predicted octanol–water partition coefficient (Wildman–Crippen LogP) is -1.93. The van der Waals surface area contributed by atoms with Gasteiger partial charge in [-0.2, -0.15) is 5.10 Å². The Kier molecular flexibility index (Phi) is 3.79. The number of β-amino-alcohol motifs (C(OH)–C–C–N with tert-alkyl or cyclic N) is 1. The van der Waals surface area contributed by atoms with Gasteiger partial charge in [0.05, 0.1) is 17.5 Å². The Morgan fingerprint density at radius 3 is 3.09 bits per heavy atom. The number of nitrogens with two attached hydrogens (primary N) is 3. The molecule has 22 heavy (non-hydrogen) atoms. The fraction of sp³-hybridized carbons (Fsp3) is 0.417. The van der Waals surface area contributed by atoms with Gasteiger partial charge in [0.15, 0.2) is 5.82 Å². The van der Waals surface area contributed by atoms with E-state index in [4.69, 9.17) is 17.3 Å². The lowest BCUT2D eigenvalue weighted by atomic mass is 10.1. The minimum Gasteiger partial charge on any atom is -0.391 e. The van der Waals surface area contributed by atoms with Gasteiger partial charge in [-0.25, -0.2) is 21.3 Å². The van der Waals surface area contributed by atoms with Crippen LogP contribution in [0.4, 0.5) is 5.82 Å². The molecule has 2 aromatic rings. The summed E-state index contributed by atoms with van der Waals surface area (Å²) in [6.07, 6.45) is 2.71. The van der Waals surface area contributed by atoms with Gasteiger partial charge in [0, 0.05) is 31.4 Å². The Morgan fingerprint density at radius 1 is 1.50 bits per heavy atom. The van der Waals surface area contributed by atoms with Gasteiger partial charge in [0.2, 0.25) is 0 Å². The summed E-state index contributed by atoms with van der Waals surface area (Å²) in [7, 11) is 0. The third-order valence-corrected chi connectivity index (χ3v) is 3.90. The molecular weight excluding hydrogens is 286 g/mol. The number of rotatable bonds is 4. The number of H-pyrrole nitrogens is 1. The van der Waals surface area contributed by atoms with E-state index in [1.54, 1.807) is 0 Å². The lowest BCUT2D eigenvalue weighted by molar-refractivity contribution is 0.160. The van der Waals surface area contributed by atoms with Gasteiger partial charge in [-0.15, -0.1) is 0 Å². The number of nitrogens with one attached hydrogen (secondary N) is 2. The third-order valence-electron chi connectivity index (χ3n) is 3.90. The lowest BCUT2D eigenvalue weighted by Crippen LogP contribution is -2.35. The van der Waals surface area contributed by atoms with Crippen molar-refractivity contribution in [3.63, 3.8) is 0 Å². The van der Waals surface area contributed by atoms with Crippen LogP contribution in [0.25, 0.3) is 11.0 Å². The van der Waals surface area contributed by atoms with E-state index in [1.165, 1.54) is 6.33 Å². The van der Waals surface area contributed by atoms with Crippen molar-refractivity contribution in [2.45, 2.75) is 12.6 Å². The van der Waals surface area contributed by atoms with Crippen molar-refractivity contribution in [1.82, 2.24) is 25.4 Å². The summed E-state index contributed by atoms with van der Waals surface area (Å²) in [5, 5.41) is 13.9. The first-order chi connectivity index (χ1) is 10.6. The number of nitrogens with zero attached hydrogens (tertiary/aromatic N) is 4. The maximum absolute atomic E-state index is 10.1. The largest absolute Gasteiger partial charge is 0.391 e. The molecule has 0 saturated carbocycles. The maximum atomic E-state index is 10.1. The zero-order valence-electron chi connectivity index (χ0n) is 11.9. The van der Waals surface area contributed by atoms with E-state index in [2.05, 4.69) is 30.5 Å². The molecular formula is C12H19N9O. The zero-order valence-corrected chi connectivity index (χ0v) is 11.9. The highest BCUT2D eigenvalue weighted by Crippen LogP contribution is 2.24. The van der Waals surface area contributed by atoms with Crippen LogP contribution < -0.4 is 22.8 Å². The summed E-state index contributed by atoms with van der Waals surface area (Å²) < 4.78 is 0. The van der Waals surface area contributed by atoms with E-state index in [0.717, 1.165) is 16.6 Å². The standard InChI is InChI=1S/C12H19N9O/c13-11(19-20-15)7-3-21(4-8(7)22)2-6-1-16-10-9(6)17-5-18-12(10)14/h1,5,7-8,16,20,22H,2-4,15H2,(H2,13,19)(H2,14,17,18)/t7-,8?/m0/s1. The smallest absolute Gasteiger partial charge is 0.151 e. The Balaban J connectivity index is 1.76. The van der Waals surface area contributed by atoms with Crippen molar-refractivity contribution >= 4 is 22.7 Å². The van der Waals surface area contributed by atoms with E-state index < -0.39 is 6.10 Å². The first-order valence-corrected chi connectivity index (χ1v) is 6.85. The minimum absolute atomic E-state index is 0.249. The number of aliphatic hydroxyl groups excluding tert-OH is 1. The number of nitrogen functional groups attached to an aromatic ring is 1. The van der Waals surface area contributed by atoms with Gasteiger partial charge >= 0.3 is 0 Å². The number of likely N-dealkylation sites (tertiary alicyclic amines) is 1. The van der Waals surface area contributed by atoms with Crippen molar-refractivity contribution in [3.8, 4) is 0 Å². The van der Waals surface area contributed by atoms with Crippen LogP contribution in [0.5, 0.6) is 0 Å². The quantitative estimate of drug-likeness (QED) is 0.164. The van der Waals surface area contributed by atoms with Gasteiger partial charge in [-0.1, -0.05) is 0 Å². The molecule has 0 radical (unpaired) electrons. The minimum atomic E-state index is -0.581. The number of hydrogen-bond acceptors (Lipinski definition) is 8. The molecule has 2 atom stereocenters. The van der Waals surface area contributed by atoms with Crippen molar-refractivity contribution in [2.75, 3.05) is 18.8 Å². The molecule has 2 aromatic heterocycles. The number of fused-ring (bicyclic) bond motifs is 1. The number of anilines is 1. The van der Waals surface area contributed by atoms with Crippen molar-refractivity contribution in [2.24, 2.45) is 22.6 Å². The highest BCUT2D eigenvalue weighted by atomic mass is 16.3. The highest BCUT2D eigenvalue weighted by molar-refractivity contribution is 5.87. The molecule has 1 aliphatic heterocycles. The van der Waals surface area contributed by atoms with E-state index in [9.17, 15) is 5.11 Å². The Hall–Kier alpha value is -2.43. The normalized spacial score (nSPS) is 23.3. The molecule has 10 heteroatoms. The predicted molar refractivity (Wildman–Crippen MR) is 82.0 cm³/mol. The summed E-state index contributed by atoms with van der Waals surface area (Å²) >= 11 is 0. The second-order valence-corrected chi connectivity index (χ2v) is 5.33. The van der Waals surface area contributed by atoms with Crippen LogP contribution in [0.3, 0.4) is 0 Å². The molecule has 0 amide bonds. The van der Waals surface area contributed by atoms with Crippen LogP contribution in [0.15, 0.2) is 17.6 Å². The van der Waals surface area contributed by atoms with Gasteiger partial charge in [0.25, 0.3) is 0 Å². The molecule has 3 heterocycles. The number of hydrazine groups is 1. The van der Waals surface area contributed by atoms with Crippen LogP contribution in [0.1, 0.15) is 5.56 Å². The average Bonchev–Trinajstić information content (AvgIpc) is 3.05. The third kappa shape index (κ3) is 2.54. The SMILES string of the molecule is NN/N=C(\N)[C@H]1CN(Cc2c[nH]c3c(N)ncnc23)CC1O. The molecule has 0 spiro atoms. The fourth-order valence-electron chi connectivity index (χ4n) is 2.82. The molecule has 3 rings (SSSR count). The Bertz CT molecular complexity index is 697. The van der Waals surface area contributed by atoms with Gasteiger partial charge in [-0.05, 0) is 0 Å². The number of amidine groups is 1. The fourth-order valence-corrected chi connectivity index (χ4v) is 2.82. The summed E-state index contributed by atoms with van der Waals surface area (Å²) in [6.45, 7) is 1.71. The maximum Gasteiger partial charge on any atom is 0.151 e. The van der Waals surface area contributed by atoms with E-state index in [-0.39, 0.29) is 5.92 Å². The summed E-state index contributed by atoms with van der Waals surface area (Å²) in [4.78, 5) is 13.4. The number of hydrazone groups is 1. The van der Waals surface area contributed by atoms with Gasteiger partial charge in [-0.3, -0.25) is 4.90 Å².